The van der Waals surface area contributed by atoms with Gasteiger partial charge < -0.3 is 9.88 Å². The number of nitrogens with one attached hydrogen (secondary N) is 1. The number of fused-ring (bicyclic) bond motifs is 1. The molecule has 6 heteroatoms. The highest BCUT2D eigenvalue weighted by Gasteiger charge is 2.32. The maximum absolute atomic E-state index is 14.1. The minimum absolute atomic E-state index is 0.150. The van der Waals surface area contributed by atoms with E-state index in [1.807, 2.05) is 35.0 Å². The van der Waals surface area contributed by atoms with Crippen LogP contribution in [0.5, 0.6) is 0 Å². The Balaban J connectivity index is 1.75. The van der Waals surface area contributed by atoms with E-state index < -0.39 is 11.9 Å². The summed E-state index contributed by atoms with van der Waals surface area (Å²) in [5.41, 5.74) is 2.47. The monoisotopic (exact) mass is 375 g/mol. The largest absolute Gasteiger partial charge is 0.342 e. The van der Waals surface area contributed by atoms with Crippen LogP contribution in [0.15, 0.2) is 73.1 Å². The third kappa shape index (κ3) is 3.09. The van der Waals surface area contributed by atoms with Crippen LogP contribution in [0.25, 0.3) is 17.0 Å². The first kappa shape index (κ1) is 17.7. The summed E-state index contributed by atoms with van der Waals surface area (Å²) in [6, 6.07) is 13.9. The molecular formula is C22H18FN3O2. The maximum Gasteiger partial charge on any atom is 0.329 e. The van der Waals surface area contributed by atoms with Crippen molar-refractivity contribution in [3.05, 3.63) is 90.0 Å². The highest BCUT2D eigenvalue weighted by Crippen LogP contribution is 2.26. The van der Waals surface area contributed by atoms with Gasteiger partial charge in [0, 0.05) is 34.8 Å². The first-order chi connectivity index (χ1) is 13.6. The number of benzene rings is 2. The number of amides is 3. The van der Waals surface area contributed by atoms with E-state index in [0.29, 0.717) is 12.1 Å². The molecule has 2 aromatic carbocycles. The van der Waals surface area contributed by atoms with Gasteiger partial charge in [-0.15, -0.1) is 6.58 Å². The van der Waals surface area contributed by atoms with Crippen LogP contribution in [0.2, 0.25) is 0 Å². The Morgan fingerprint density at radius 1 is 1.07 bits per heavy atom. The second kappa shape index (κ2) is 7.15. The van der Waals surface area contributed by atoms with Gasteiger partial charge in [0.15, 0.2) is 0 Å². The topological polar surface area (TPSA) is 54.3 Å². The minimum atomic E-state index is -0.466. The van der Waals surface area contributed by atoms with Crippen molar-refractivity contribution in [3.63, 3.8) is 0 Å². The molecule has 0 atom stereocenters. The first-order valence-corrected chi connectivity index (χ1v) is 8.85. The van der Waals surface area contributed by atoms with Gasteiger partial charge in [-0.25, -0.2) is 9.18 Å². The second-order valence-corrected chi connectivity index (χ2v) is 6.51. The lowest BCUT2D eigenvalue weighted by molar-refractivity contribution is -0.122. The number of carbonyl (C=O) groups is 2. The molecule has 0 saturated carbocycles. The SMILES string of the molecule is C=CCN1C(=O)N/C(=C\c2cn(Cc3ccccc3F)c3ccccc23)C1=O. The van der Waals surface area contributed by atoms with E-state index in [-0.39, 0.29) is 18.1 Å². The van der Waals surface area contributed by atoms with Crippen LogP contribution in [0, 0.1) is 5.82 Å². The predicted octanol–water partition coefficient (Wildman–Crippen LogP) is 3.91. The average molecular weight is 375 g/mol. The van der Waals surface area contributed by atoms with Gasteiger partial charge in [-0.3, -0.25) is 9.69 Å². The van der Waals surface area contributed by atoms with Gasteiger partial charge in [-0.1, -0.05) is 42.5 Å². The van der Waals surface area contributed by atoms with Crippen molar-refractivity contribution in [3.8, 4) is 0 Å². The number of hydrogen-bond donors (Lipinski definition) is 1. The number of halogens is 1. The molecule has 0 aliphatic carbocycles. The molecule has 3 aromatic rings. The van der Waals surface area contributed by atoms with E-state index in [1.54, 1.807) is 24.3 Å². The standard InChI is InChI=1S/C22H18FN3O2/c1-2-11-26-21(27)19(24-22(26)28)12-16-14-25(20-10-6-4-8-17(16)20)13-15-7-3-5-9-18(15)23/h2-10,12,14H,1,11,13H2,(H,24,28)/b19-12-. The Kier molecular flexibility index (Phi) is 4.53. The summed E-state index contributed by atoms with van der Waals surface area (Å²) >= 11 is 0. The highest BCUT2D eigenvalue weighted by atomic mass is 19.1. The molecule has 140 valence electrons. The number of nitrogens with zero attached hydrogens (tertiary/aromatic N) is 2. The lowest BCUT2D eigenvalue weighted by Crippen LogP contribution is -2.30. The summed E-state index contributed by atoms with van der Waals surface area (Å²) in [4.78, 5) is 25.5. The van der Waals surface area contributed by atoms with Gasteiger partial charge >= 0.3 is 6.03 Å². The molecule has 28 heavy (non-hydrogen) atoms. The Labute approximate surface area is 161 Å². The second-order valence-electron chi connectivity index (χ2n) is 6.51. The summed E-state index contributed by atoms with van der Waals surface area (Å²) in [5.74, 6) is -0.658. The Hall–Kier alpha value is -3.67. The van der Waals surface area contributed by atoms with Crippen LogP contribution in [-0.4, -0.2) is 28.0 Å². The van der Waals surface area contributed by atoms with Crippen LogP contribution >= 0.6 is 0 Å². The van der Waals surface area contributed by atoms with E-state index in [0.717, 1.165) is 21.4 Å². The zero-order valence-corrected chi connectivity index (χ0v) is 15.1. The van der Waals surface area contributed by atoms with Gasteiger partial charge in [0.25, 0.3) is 5.91 Å². The van der Waals surface area contributed by atoms with Crippen LogP contribution in [0.4, 0.5) is 9.18 Å². The Morgan fingerprint density at radius 3 is 2.61 bits per heavy atom. The van der Waals surface area contributed by atoms with Crippen molar-refractivity contribution >= 4 is 28.9 Å². The zero-order chi connectivity index (χ0) is 19.7. The summed E-state index contributed by atoms with van der Waals surface area (Å²) in [6.45, 7) is 4.08. The molecule has 5 nitrogen and oxygen atoms in total. The maximum atomic E-state index is 14.1. The van der Waals surface area contributed by atoms with Crippen molar-refractivity contribution in [2.75, 3.05) is 6.54 Å². The summed E-state index contributed by atoms with van der Waals surface area (Å²) < 4.78 is 16.0. The van der Waals surface area contributed by atoms with Crippen LogP contribution in [-0.2, 0) is 11.3 Å². The molecule has 3 amide bonds. The molecule has 1 N–H and O–H groups in total. The molecule has 1 fully saturated rings. The quantitative estimate of drug-likeness (QED) is 0.418. The number of urea groups is 1. The average Bonchev–Trinajstić information content (AvgIpc) is 3.17. The van der Waals surface area contributed by atoms with Crippen LogP contribution in [0.1, 0.15) is 11.1 Å². The lowest BCUT2D eigenvalue weighted by Gasteiger charge is -2.06. The molecule has 0 spiro atoms. The Bertz CT molecular complexity index is 1130. The third-order valence-corrected chi connectivity index (χ3v) is 4.69. The van der Waals surface area contributed by atoms with E-state index >= 15 is 0 Å². The van der Waals surface area contributed by atoms with Gasteiger partial charge in [-0.2, -0.15) is 0 Å². The molecule has 0 unspecified atom stereocenters. The van der Waals surface area contributed by atoms with E-state index in [1.165, 1.54) is 12.1 Å². The van der Waals surface area contributed by atoms with Crippen molar-refractivity contribution in [1.29, 1.82) is 0 Å². The fraction of sp³-hybridized carbons (Fsp3) is 0.0909. The van der Waals surface area contributed by atoms with Crippen molar-refractivity contribution < 1.29 is 14.0 Å². The fourth-order valence-corrected chi connectivity index (χ4v) is 3.35. The summed E-state index contributed by atoms with van der Waals surface area (Å²) in [6.07, 6.45) is 5.02. The smallest absolute Gasteiger partial charge is 0.329 e. The van der Waals surface area contributed by atoms with Crippen LogP contribution < -0.4 is 5.32 Å². The molecule has 1 aromatic heterocycles. The minimum Gasteiger partial charge on any atom is -0.342 e. The number of carbonyl (C=O) groups excluding carboxylic acids is 2. The number of rotatable bonds is 5. The molecule has 2 heterocycles. The van der Waals surface area contributed by atoms with Gasteiger partial charge in [0.05, 0.1) is 6.54 Å². The van der Waals surface area contributed by atoms with Crippen molar-refractivity contribution in [2.24, 2.45) is 0 Å². The molecule has 4 rings (SSSR count). The predicted molar refractivity (Wildman–Crippen MR) is 106 cm³/mol. The molecular weight excluding hydrogens is 357 g/mol. The third-order valence-electron chi connectivity index (χ3n) is 4.69. The zero-order valence-electron chi connectivity index (χ0n) is 15.1. The number of para-hydroxylation sites is 1. The summed E-state index contributed by atoms with van der Waals surface area (Å²) in [5, 5.41) is 3.51. The van der Waals surface area contributed by atoms with Gasteiger partial charge in [0.2, 0.25) is 0 Å². The highest BCUT2D eigenvalue weighted by molar-refractivity contribution is 6.14. The normalized spacial score (nSPS) is 15.5. The van der Waals surface area contributed by atoms with E-state index in [4.69, 9.17) is 0 Å². The van der Waals surface area contributed by atoms with Crippen molar-refractivity contribution in [1.82, 2.24) is 14.8 Å². The first-order valence-electron chi connectivity index (χ1n) is 8.85. The molecule has 1 aliphatic rings. The van der Waals surface area contributed by atoms with Crippen LogP contribution in [0.3, 0.4) is 0 Å². The molecule has 1 aliphatic heterocycles. The van der Waals surface area contributed by atoms with E-state index in [2.05, 4.69) is 11.9 Å². The molecule has 0 radical (unpaired) electrons. The lowest BCUT2D eigenvalue weighted by atomic mass is 10.1. The van der Waals surface area contributed by atoms with Gasteiger partial charge in [-0.05, 0) is 18.2 Å². The summed E-state index contributed by atoms with van der Waals surface area (Å²) in [7, 11) is 0. The van der Waals surface area contributed by atoms with Crippen molar-refractivity contribution in [2.45, 2.75) is 6.54 Å². The fourth-order valence-electron chi connectivity index (χ4n) is 3.35. The number of hydrogen-bond acceptors (Lipinski definition) is 2. The number of imide groups is 1. The number of aromatic nitrogens is 1. The van der Waals surface area contributed by atoms with Gasteiger partial charge in [0.1, 0.15) is 11.5 Å². The molecule has 0 bridgehead atoms. The Morgan fingerprint density at radius 2 is 1.82 bits per heavy atom. The molecule has 1 saturated heterocycles. The van der Waals surface area contributed by atoms with E-state index in [9.17, 15) is 14.0 Å².